The summed E-state index contributed by atoms with van der Waals surface area (Å²) in [5.74, 6) is 3.68. The predicted molar refractivity (Wildman–Crippen MR) is 45.7 cm³/mol. The summed E-state index contributed by atoms with van der Waals surface area (Å²) >= 11 is 0. The van der Waals surface area contributed by atoms with Gasteiger partial charge in [0.2, 0.25) is 0 Å². The summed E-state index contributed by atoms with van der Waals surface area (Å²) in [5, 5.41) is 0. The van der Waals surface area contributed by atoms with Crippen LogP contribution in [0.2, 0.25) is 0 Å². The number of hydrogen-bond donors (Lipinski definition) is 0. The monoisotopic (exact) mass is 139 g/mol. The molecule has 10 heavy (non-hydrogen) atoms. The second-order valence-corrected chi connectivity index (χ2v) is 4.20. The molecule has 1 fully saturated rings. The molecule has 1 rings (SSSR count). The molecule has 0 heteroatoms. The molecule has 1 aliphatic rings. The van der Waals surface area contributed by atoms with Crippen molar-refractivity contribution in [2.75, 3.05) is 0 Å². The van der Waals surface area contributed by atoms with E-state index in [1.807, 2.05) is 5.92 Å². The summed E-state index contributed by atoms with van der Waals surface area (Å²) in [6, 6.07) is 0. The van der Waals surface area contributed by atoms with Crippen molar-refractivity contribution < 1.29 is 0 Å². The van der Waals surface area contributed by atoms with Gasteiger partial charge < -0.3 is 0 Å². The molecular weight excluding hydrogens is 120 g/mol. The van der Waals surface area contributed by atoms with Crippen LogP contribution in [0.3, 0.4) is 0 Å². The quantitative estimate of drug-likeness (QED) is 0.514. The molecule has 0 bridgehead atoms. The molecule has 0 saturated heterocycles. The fraction of sp³-hybridized carbons (Fsp3) is 0.900. The average molecular weight is 139 g/mol. The Kier molecular flexibility index (Phi) is 2.64. The Balaban J connectivity index is 2.18. The lowest BCUT2D eigenvalue weighted by atomic mass is 9.95. The molecule has 58 valence electrons. The summed E-state index contributed by atoms with van der Waals surface area (Å²) in [4.78, 5) is 0. The van der Waals surface area contributed by atoms with Crippen LogP contribution in [0.1, 0.15) is 46.5 Å². The zero-order valence-corrected chi connectivity index (χ0v) is 7.48. The van der Waals surface area contributed by atoms with Crippen LogP contribution in [0.4, 0.5) is 0 Å². The normalized spacial score (nSPS) is 26.4. The maximum Gasteiger partial charge on any atom is 0.0927 e. The van der Waals surface area contributed by atoms with Crippen LogP contribution in [0.15, 0.2) is 0 Å². The Bertz CT molecular complexity index is 94.2. The molecule has 0 radical (unpaired) electrons. The fourth-order valence-corrected chi connectivity index (χ4v) is 1.91. The summed E-state index contributed by atoms with van der Waals surface area (Å²) < 4.78 is 0. The van der Waals surface area contributed by atoms with Crippen molar-refractivity contribution >= 4 is 0 Å². The molecule has 1 saturated carbocycles. The van der Waals surface area contributed by atoms with Crippen molar-refractivity contribution in [2.24, 2.45) is 11.8 Å². The third-order valence-electron chi connectivity index (χ3n) is 2.32. The van der Waals surface area contributed by atoms with Crippen molar-refractivity contribution in [1.29, 1.82) is 0 Å². The van der Waals surface area contributed by atoms with Gasteiger partial charge in [-0.05, 0) is 12.3 Å². The van der Waals surface area contributed by atoms with Gasteiger partial charge in [0, 0.05) is 5.92 Å². The van der Waals surface area contributed by atoms with Crippen LogP contribution in [-0.2, 0) is 0 Å². The van der Waals surface area contributed by atoms with Gasteiger partial charge in [-0.2, -0.15) is 0 Å². The van der Waals surface area contributed by atoms with Crippen molar-refractivity contribution in [3.63, 3.8) is 0 Å². The minimum atomic E-state index is 0.875. The lowest BCUT2D eigenvalue weighted by Crippen LogP contribution is -1.97. The topological polar surface area (TPSA) is 0 Å². The third-order valence-corrected chi connectivity index (χ3v) is 2.32. The first-order chi connectivity index (χ1) is 4.68. The van der Waals surface area contributed by atoms with Crippen molar-refractivity contribution in [3.8, 4) is 0 Å². The summed E-state index contributed by atoms with van der Waals surface area (Å²) in [7, 11) is 0. The van der Waals surface area contributed by atoms with Crippen LogP contribution in [0.5, 0.6) is 0 Å². The predicted octanol–water partition coefficient (Wildman–Crippen LogP) is 3.43. The molecule has 0 aromatic rings. The zero-order valence-electron chi connectivity index (χ0n) is 7.48. The van der Waals surface area contributed by atoms with Crippen molar-refractivity contribution in [2.45, 2.75) is 46.5 Å². The van der Waals surface area contributed by atoms with Gasteiger partial charge in [-0.25, -0.2) is 0 Å². The molecule has 0 heterocycles. The highest BCUT2D eigenvalue weighted by Gasteiger charge is 2.31. The smallest absolute Gasteiger partial charge is 0.0587 e. The van der Waals surface area contributed by atoms with E-state index in [4.69, 9.17) is 0 Å². The lowest BCUT2D eigenvalue weighted by molar-refractivity contribution is 0.559. The molecule has 1 unspecified atom stereocenters. The molecule has 0 amide bonds. The molecule has 0 aromatic heterocycles. The van der Waals surface area contributed by atoms with Gasteiger partial charge in [0.05, 0.1) is 25.2 Å². The maximum absolute atomic E-state index is 2.37. The Labute approximate surface area is 65.0 Å². The molecule has 0 N–H and O–H groups in total. The van der Waals surface area contributed by atoms with Gasteiger partial charge >= 0.3 is 0 Å². The summed E-state index contributed by atoms with van der Waals surface area (Å²) in [5.41, 5.74) is 0. The Morgan fingerprint density at radius 2 is 2.20 bits per heavy atom. The molecule has 0 aliphatic heterocycles. The minimum Gasteiger partial charge on any atom is -0.0587 e. The van der Waals surface area contributed by atoms with Crippen LogP contribution in [-0.4, -0.2) is 0 Å². The van der Waals surface area contributed by atoms with Gasteiger partial charge in [-0.1, -0.05) is 20.8 Å². The van der Waals surface area contributed by atoms with E-state index in [-0.39, 0.29) is 0 Å². The van der Waals surface area contributed by atoms with E-state index in [0.29, 0.717) is 0 Å². The highest BCUT2D eigenvalue weighted by atomic mass is 14.3. The van der Waals surface area contributed by atoms with Crippen LogP contribution < -0.4 is 0 Å². The van der Waals surface area contributed by atoms with E-state index >= 15 is 0 Å². The SMILES string of the molecule is CC(C)C[C+]1CCC(C)C1. The highest BCUT2D eigenvalue weighted by Crippen LogP contribution is 2.35. The second kappa shape index (κ2) is 3.32. The van der Waals surface area contributed by atoms with Crippen molar-refractivity contribution in [3.05, 3.63) is 5.92 Å². The van der Waals surface area contributed by atoms with E-state index in [2.05, 4.69) is 20.8 Å². The van der Waals surface area contributed by atoms with E-state index < -0.39 is 0 Å². The largest absolute Gasteiger partial charge is 0.0927 e. The second-order valence-electron chi connectivity index (χ2n) is 4.20. The summed E-state index contributed by atoms with van der Waals surface area (Å²) in [6.07, 6.45) is 5.66. The average Bonchev–Trinajstić information content (AvgIpc) is 2.13. The molecule has 0 aromatic carbocycles. The van der Waals surface area contributed by atoms with Gasteiger partial charge in [0.25, 0.3) is 0 Å². The molecule has 1 aliphatic carbocycles. The van der Waals surface area contributed by atoms with Gasteiger partial charge in [0.15, 0.2) is 0 Å². The van der Waals surface area contributed by atoms with E-state index in [9.17, 15) is 0 Å². The Morgan fingerprint density at radius 3 is 2.60 bits per heavy atom. The maximum atomic E-state index is 2.37. The molecule has 1 atom stereocenters. The first kappa shape index (κ1) is 7.97. The van der Waals surface area contributed by atoms with Gasteiger partial charge in [-0.3, -0.25) is 0 Å². The van der Waals surface area contributed by atoms with E-state index in [1.54, 1.807) is 0 Å². The van der Waals surface area contributed by atoms with Crippen molar-refractivity contribution in [1.82, 2.24) is 0 Å². The minimum absolute atomic E-state index is 0.875. The Morgan fingerprint density at radius 1 is 1.50 bits per heavy atom. The first-order valence-corrected chi connectivity index (χ1v) is 4.52. The molecule has 0 nitrogen and oxygen atoms in total. The lowest BCUT2D eigenvalue weighted by Gasteiger charge is -2.01. The molecule has 0 spiro atoms. The molecular formula is C10H19+. The zero-order chi connectivity index (χ0) is 7.56. The van der Waals surface area contributed by atoms with E-state index in [0.717, 1.165) is 11.8 Å². The third kappa shape index (κ3) is 2.24. The fourth-order valence-electron chi connectivity index (χ4n) is 1.91. The van der Waals surface area contributed by atoms with E-state index in [1.165, 1.54) is 25.7 Å². The van der Waals surface area contributed by atoms with Crippen LogP contribution in [0, 0.1) is 17.8 Å². The highest BCUT2D eigenvalue weighted by molar-refractivity contribution is 4.97. The van der Waals surface area contributed by atoms with Crippen LogP contribution in [0.25, 0.3) is 0 Å². The van der Waals surface area contributed by atoms with Gasteiger partial charge in [0.1, 0.15) is 0 Å². The van der Waals surface area contributed by atoms with Crippen LogP contribution >= 0.6 is 0 Å². The summed E-state index contributed by atoms with van der Waals surface area (Å²) in [6.45, 7) is 7.00. The number of hydrogen-bond acceptors (Lipinski definition) is 0. The van der Waals surface area contributed by atoms with Gasteiger partial charge in [-0.15, -0.1) is 0 Å². The number of rotatable bonds is 2. The Hall–Kier alpha value is -0.130. The first-order valence-electron chi connectivity index (χ1n) is 4.52. The standard InChI is InChI=1S/C10H19/c1-8(2)6-10-5-4-9(3)7-10/h8-9H,4-7H2,1-3H3/q+1.